The Morgan fingerprint density at radius 3 is 2.50 bits per heavy atom. The fraction of sp³-hybridized carbons (Fsp3) is 0.786. The Hall–Kier alpha value is -0.390. The number of aliphatic imine (C=N–C) groups is 1. The van der Waals surface area contributed by atoms with Gasteiger partial charge in [-0.05, 0) is 31.1 Å². The van der Waals surface area contributed by atoms with Gasteiger partial charge in [0.2, 0.25) is 5.91 Å². The van der Waals surface area contributed by atoms with Crippen LogP contribution in [0.1, 0.15) is 58.3 Å². The molecule has 0 aromatic rings. The molecule has 1 fully saturated rings. The summed E-state index contributed by atoms with van der Waals surface area (Å²) in [6, 6.07) is -0.822. The van der Waals surface area contributed by atoms with Crippen molar-refractivity contribution in [1.82, 2.24) is 5.32 Å². The van der Waals surface area contributed by atoms with Gasteiger partial charge in [0.1, 0.15) is 0 Å². The number of hydrogen-bond acceptors (Lipinski definition) is 3. The average molecular weight is 288 g/mol. The van der Waals surface area contributed by atoms with Crippen LogP contribution in [-0.4, -0.2) is 17.8 Å². The van der Waals surface area contributed by atoms with Gasteiger partial charge < -0.3 is 5.11 Å². The number of rotatable bonds is 4. The molecule has 3 amide bonds. The molecule has 1 heterocycles. The van der Waals surface area contributed by atoms with E-state index in [1.54, 1.807) is 0 Å². The van der Waals surface area contributed by atoms with Gasteiger partial charge in [0, 0.05) is 0 Å². The van der Waals surface area contributed by atoms with E-state index in [2.05, 4.69) is 10.3 Å². The van der Waals surface area contributed by atoms with Crippen LogP contribution in [0.3, 0.4) is 0 Å². The minimum Gasteiger partial charge on any atom is -0.861 e. The molecule has 1 unspecified atom stereocenters. The van der Waals surface area contributed by atoms with Crippen LogP contribution < -0.4 is 40.0 Å². The summed E-state index contributed by atoms with van der Waals surface area (Å²) in [6.07, 6.45) is 7.93. The molecule has 1 saturated carbocycles. The first-order valence-corrected chi connectivity index (χ1v) is 7.20. The smallest absolute Gasteiger partial charge is 0.861 e. The molecule has 106 valence electrons. The zero-order valence-electron chi connectivity index (χ0n) is 12.4. The van der Waals surface area contributed by atoms with Crippen molar-refractivity contribution < 1.29 is 44.3 Å². The van der Waals surface area contributed by atoms with E-state index in [0.717, 1.165) is 6.42 Å². The molecule has 20 heavy (non-hydrogen) atoms. The van der Waals surface area contributed by atoms with Crippen molar-refractivity contribution >= 4 is 17.8 Å². The van der Waals surface area contributed by atoms with Crippen LogP contribution in [0.15, 0.2) is 4.99 Å². The number of amides is 3. The Morgan fingerprint density at radius 2 is 1.95 bits per heavy atom. The van der Waals surface area contributed by atoms with Crippen LogP contribution >= 0.6 is 0 Å². The van der Waals surface area contributed by atoms with Crippen molar-refractivity contribution in [1.29, 1.82) is 0 Å². The molecule has 1 N–H and O–H groups in total. The number of imide groups is 1. The molecule has 1 atom stereocenters. The van der Waals surface area contributed by atoms with Crippen LogP contribution in [0, 0.1) is 11.3 Å². The Balaban J connectivity index is 0.00000200. The fourth-order valence-corrected chi connectivity index (χ4v) is 3.18. The number of carbonyl (C=O) groups excluding carboxylic acids is 2. The van der Waals surface area contributed by atoms with E-state index >= 15 is 0 Å². The summed E-state index contributed by atoms with van der Waals surface area (Å²) in [5, 5.41) is 14.2. The molecule has 5 nitrogen and oxygen atoms in total. The van der Waals surface area contributed by atoms with Crippen LogP contribution in [0.2, 0.25) is 0 Å². The summed E-state index contributed by atoms with van der Waals surface area (Å²) < 4.78 is 0. The van der Waals surface area contributed by atoms with Gasteiger partial charge >= 0.3 is 35.6 Å². The third-order valence-corrected chi connectivity index (χ3v) is 4.58. The van der Waals surface area contributed by atoms with Crippen LogP contribution in [0.4, 0.5) is 4.79 Å². The van der Waals surface area contributed by atoms with Gasteiger partial charge in [0.25, 0.3) is 0 Å². The minimum absolute atomic E-state index is 0. The van der Waals surface area contributed by atoms with Crippen molar-refractivity contribution in [2.24, 2.45) is 16.3 Å². The van der Waals surface area contributed by atoms with E-state index < -0.39 is 23.3 Å². The standard InChI is InChI=1S/C14H22N2O3.Na/c1-2-14(9-8-10-6-4-3-5-7-10)11(17)15-13(19)16-12(14)18;/h10H,2-9H2,1H3,(H2,15,16,17,18,19);/q;+1/p-1. The normalized spacial score (nSPS) is 27.6. The Labute approximate surface area is 141 Å². The molecular weight excluding hydrogens is 267 g/mol. The summed E-state index contributed by atoms with van der Waals surface area (Å²) >= 11 is 0. The molecule has 6 heteroatoms. The largest absolute Gasteiger partial charge is 1.00 e. The molecule has 0 aromatic heterocycles. The van der Waals surface area contributed by atoms with Gasteiger partial charge in [0.15, 0.2) is 0 Å². The molecule has 2 rings (SSSR count). The molecule has 0 saturated heterocycles. The first-order valence-electron chi connectivity index (χ1n) is 7.20. The van der Waals surface area contributed by atoms with Gasteiger partial charge in [-0.2, -0.15) is 0 Å². The summed E-state index contributed by atoms with van der Waals surface area (Å²) in [4.78, 5) is 26.5. The van der Waals surface area contributed by atoms with Gasteiger partial charge in [-0.3, -0.25) is 10.1 Å². The molecule has 2 aliphatic rings. The quantitative estimate of drug-likeness (QED) is 0.657. The van der Waals surface area contributed by atoms with Crippen molar-refractivity contribution in [3.8, 4) is 0 Å². The second-order valence-electron chi connectivity index (χ2n) is 5.65. The fourth-order valence-electron chi connectivity index (χ4n) is 3.18. The van der Waals surface area contributed by atoms with Crippen molar-refractivity contribution in [3.63, 3.8) is 0 Å². The van der Waals surface area contributed by atoms with Crippen LogP contribution in [-0.2, 0) is 4.79 Å². The molecule has 0 radical (unpaired) electrons. The van der Waals surface area contributed by atoms with E-state index in [4.69, 9.17) is 0 Å². The molecule has 0 spiro atoms. The Morgan fingerprint density at radius 1 is 1.30 bits per heavy atom. The second kappa shape index (κ2) is 7.57. The third kappa shape index (κ3) is 3.62. The predicted octanol–water partition coefficient (Wildman–Crippen LogP) is -1.24. The van der Waals surface area contributed by atoms with Crippen molar-refractivity contribution in [3.05, 3.63) is 0 Å². The summed E-state index contributed by atoms with van der Waals surface area (Å²) in [7, 11) is 0. The van der Waals surface area contributed by atoms with Crippen molar-refractivity contribution in [2.75, 3.05) is 0 Å². The minimum atomic E-state index is -1.11. The van der Waals surface area contributed by atoms with Gasteiger partial charge in [0.05, 0.1) is 5.41 Å². The second-order valence-corrected chi connectivity index (χ2v) is 5.65. The molecule has 0 bridgehead atoms. The zero-order valence-corrected chi connectivity index (χ0v) is 14.4. The Bertz CT molecular complexity index is 405. The van der Waals surface area contributed by atoms with Gasteiger partial charge in [-0.25, -0.2) is 9.79 Å². The predicted molar refractivity (Wildman–Crippen MR) is 69.5 cm³/mol. The molecule has 1 aliphatic heterocycles. The van der Waals surface area contributed by atoms with E-state index in [1.165, 1.54) is 32.1 Å². The number of carbonyl (C=O) groups is 2. The van der Waals surface area contributed by atoms with E-state index in [0.29, 0.717) is 18.8 Å². The zero-order chi connectivity index (χ0) is 13.9. The Kier molecular flexibility index (Phi) is 6.69. The topological polar surface area (TPSA) is 81.6 Å². The average Bonchev–Trinajstić information content (AvgIpc) is 2.39. The van der Waals surface area contributed by atoms with Gasteiger partial charge in [-0.15, -0.1) is 0 Å². The number of nitrogens with zero attached hydrogens (tertiary/aromatic N) is 1. The van der Waals surface area contributed by atoms with Crippen molar-refractivity contribution in [2.45, 2.75) is 58.3 Å². The van der Waals surface area contributed by atoms with E-state index in [9.17, 15) is 14.7 Å². The van der Waals surface area contributed by atoms with E-state index in [1.807, 2.05) is 6.92 Å². The third-order valence-electron chi connectivity index (χ3n) is 4.58. The summed E-state index contributed by atoms with van der Waals surface area (Å²) in [5.74, 6) is -0.411. The molecule has 0 aromatic carbocycles. The number of nitrogens with one attached hydrogen (secondary N) is 1. The molecule has 1 aliphatic carbocycles. The monoisotopic (exact) mass is 288 g/mol. The van der Waals surface area contributed by atoms with E-state index in [-0.39, 0.29) is 29.6 Å². The SMILES string of the molecule is CCC1(CCC2CCCCC2)C(=O)NC(=O)N=C1[O-].[Na+]. The molecular formula is C14H21N2NaO3. The summed E-state index contributed by atoms with van der Waals surface area (Å²) in [6.45, 7) is 1.81. The van der Waals surface area contributed by atoms with Crippen LogP contribution in [0.25, 0.3) is 0 Å². The first-order chi connectivity index (χ1) is 9.08. The van der Waals surface area contributed by atoms with Crippen LogP contribution in [0.5, 0.6) is 0 Å². The maximum Gasteiger partial charge on any atom is 1.00 e. The number of hydrogen-bond donors (Lipinski definition) is 1. The van der Waals surface area contributed by atoms with Gasteiger partial charge in [-0.1, -0.05) is 39.0 Å². The maximum atomic E-state index is 12.0. The first kappa shape index (κ1) is 17.7. The maximum absolute atomic E-state index is 12.0. The number of urea groups is 1. The summed E-state index contributed by atoms with van der Waals surface area (Å²) in [5.41, 5.74) is -1.11.